The fraction of sp³-hybridized carbons (Fsp3) is 0.278. The van der Waals surface area contributed by atoms with Crippen LogP contribution >= 0.6 is 11.6 Å². The fourth-order valence-electron chi connectivity index (χ4n) is 5.89. The first kappa shape index (κ1) is 34.6. The molecular formula is C36H37ClN4O6S. The first-order chi connectivity index (χ1) is 23.1. The van der Waals surface area contributed by atoms with Crippen LogP contribution in [0.5, 0.6) is 0 Å². The molecule has 0 aliphatic heterocycles. The van der Waals surface area contributed by atoms with Crippen LogP contribution in [0.2, 0.25) is 5.02 Å². The Labute approximate surface area is 285 Å². The highest BCUT2D eigenvalue weighted by molar-refractivity contribution is 7.92. The highest BCUT2D eigenvalue weighted by atomic mass is 35.5. The van der Waals surface area contributed by atoms with Crippen LogP contribution in [0.4, 0.5) is 11.4 Å². The number of carbonyl (C=O) groups excluding carboxylic acids is 2. The van der Waals surface area contributed by atoms with Gasteiger partial charge in [0.15, 0.2) is 0 Å². The quantitative estimate of drug-likeness (QED) is 0.126. The summed E-state index contributed by atoms with van der Waals surface area (Å²) in [7, 11) is -4.39. The van der Waals surface area contributed by atoms with E-state index in [1.54, 1.807) is 42.5 Å². The van der Waals surface area contributed by atoms with E-state index in [1.807, 2.05) is 30.3 Å². The lowest BCUT2D eigenvalue weighted by Crippen LogP contribution is -2.55. The molecule has 4 aromatic rings. The monoisotopic (exact) mass is 688 g/mol. The zero-order chi connectivity index (χ0) is 34.1. The number of nitrogens with one attached hydrogen (secondary N) is 1. The van der Waals surface area contributed by atoms with Gasteiger partial charge in [0.05, 0.1) is 15.5 Å². The Morgan fingerprint density at radius 1 is 0.854 bits per heavy atom. The van der Waals surface area contributed by atoms with Crippen molar-refractivity contribution in [1.29, 1.82) is 0 Å². The number of halogens is 1. The van der Waals surface area contributed by atoms with Gasteiger partial charge in [-0.2, -0.15) is 0 Å². The number of rotatable bonds is 13. The lowest BCUT2D eigenvalue weighted by Gasteiger charge is -2.35. The van der Waals surface area contributed by atoms with E-state index in [0.717, 1.165) is 48.0 Å². The molecule has 0 saturated heterocycles. The first-order valence-electron chi connectivity index (χ1n) is 15.8. The van der Waals surface area contributed by atoms with Crippen molar-refractivity contribution in [3.05, 3.63) is 135 Å². The Hall–Kier alpha value is -4.74. The molecule has 0 spiro atoms. The molecule has 1 fully saturated rings. The van der Waals surface area contributed by atoms with Crippen LogP contribution in [-0.2, 0) is 32.6 Å². The molecule has 1 aliphatic rings. The van der Waals surface area contributed by atoms with Crippen LogP contribution in [0.15, 0.2) is 114 Å². The number of amides is 2. The van der Waals surface area contributed by atoms with Crippen molar-refractivity contribution in [2.45, 2.75) is 62.0 Å². The highest BCUT2D eigenvalue weighted by Gasteiger charge is 2.35. The van der Waals surface area contributed by atoms with Crippen molar-refractivity contribution < 1.29 is 22.9 Å². The number of nitro groups is 1. The van der Waals surface area contributed by atoms with Gasteiger partial charge in [0.1, 0.15) is 12.6 Å². The minimum Gasteiger partial charge on any atom is -0.352 e. The number of nitro benzene ring substituents is 1. The second-order valence-electron chi connectivity index (χ2n) is 11.8. The smallest absolute Gasteiger partial charge is 0.271 e. The SMILES string of the molecule is O=C(NC1CCCCC1)[C@H](Cc1ccccc1)N(Cc1ccc(Cl)cc1)C(=O)CN(c1cccc([N+](=O)[O-])c1)S(=O)(=O)c1ccccc1. The van der Waals surface area contributed by atoms with Gasteiger partial charge in [-0.15, -0.1) is 0 Å². The van der Waals surface area contributed by atoms with E-state index < -0.39 is 33.4 Å². The number of hydrogen-bond acceptors (Lipinski definition) is 6. The van der Waals surface area contributed by atoms with Crippen molar-refractivity contribution in [1.82, 2.24) is 10.2 Å². The third-order valence-electron chi connectivity index (χ3n) is 8.43. The normalized spacial score (nSPS) is 14.1. The third kappa shape index (κ3) is 8.78. The molecule has 2 amide bonds. The summed E-state index contributed by atoms with van der Waals surface area (Å²) in [5.74, 6) is -0.989. The van der Waals surface area contributed by atoms with E-state index in [1.165, 1.54) is 35.2 Å². The molecule has 0 heterocycles. The van der Waals surface area contributed by atoms with Gasteiger partial charge in [0.25, 0.3) is 15.7 Å². The molecule has 250 valence electrons. The van der Waals surface area contributed by atoms with E-state index in [0.29, 0.717) is 10.6 Å². The maximum Gasteiger partial charge on any atom is 0.271 e. The summed E-state index contributed by atoms with van der Waals surface area (Å²) in [5.41, 5.74) is 1.12. The van der Waals surface area contributed by atoms with Crippen LogP contribution in [0, 0.1) is 10.1 Å². The van der Waals surface area contributed by atoms with Crippen molar-refractivity contribution in [3.8, 4) is 0 Å². The maximum atomic E-state index is 14.6. The predicted octanol–water partition coefficient (Wildman–Crippen LogP) is 6.53. The first-order valence-corrected chi connectivity index (χ1v) is 17.6. The predicted molar refractivity (Wildman–Crippen MR) is 185 cm³/mol. The Morgan fingerprint density at radius 2 is 1.50 bits per heavy atom. The summed E-state index contributed by atoms with van der Waals surface area (Å²) >= 11 is 6.15. The van der Waals surface area contributed by atoms with E-state index in [9.17, 15) is 28.1 Å². The molecule has 0 bridgehead atoms. The average Bonchev–Trinajstić information content (AvgIpc) is 3.10. The van der Waals surface area contributed by atoms with Crippen LogP contribution in [0.3, 0.4) is 0 Å². The summed E-state index contributed by atoms with van der Waals surface area (Å²) in [6.45, 7) is -0.728. The minimum atomic E-state index is -4.39. The Balaban J connectivity index is 1.57. The molecule has 0 aromatic heterocycles. The second-order valence-corrected chi connectivity index (χ2v) is 14.1. The number of sulfonamides is 1. The molecule has 1 N–H and O–H groups in total. The third-order valence-corrected chi connectivity index (χ3v) is 10.5. The summed E-state index contributed by atoms with van der Waals surface area (Å²) in [5, 5.41) is 15.3. The van der Waals surface area contributed by atoms with E-state index in [2.05, 4.69) is 5.32 Å². The van der Waals surface area contributed by atoms with Gasteiger partial charge < -0.3 is 10.2 Å². The number of hydrogen-bond donors (Lipinski definition) is 1. The van der Waals surface area contributed by atoms with Gasteiger partial charge in [0.2, 0.25) is 11.8 Å². The lowest BCUT2D eigenvalue weighted by molar-refractivity contribution is -0.384. The van der Waals surface area contributed by atoms with Crippen molar-refractivity contribution in [3.63, 3.8) is 0 Å². The van der Waals surface area contributed by atoms with Gasteiger partial charge in [-0.3, -0.25) is 24.0 Å². The molecule has 4 aromatic carbocycles. The maximum absolute atomic E-state index is 14.6. The van der Waals surface area contributed by atoms with Crippen LogP contribution in [0.1, 0.15) is 43.2 Å². The number of non-ortho nitro benzene ring substituents is 1. The zero-order valence-corrected chi connectivity index (χ0v) is 27.9. The summed E-state index contributed by atoms with van der Waals surface area (Å²) < 4.78 is 29.1. The number of anilines is 1. The Bertz CT molecular complexity index is 1820. The number of benzene rings is 4. The molecular weight excluding hydrogens is 652 g/mol. The lowest BCUT2D eigenvalue weighted by atomic mass is 9.94. The number of carbonyl (C=O) groups is 2. The van der Waals surface area contributed by atoms with Crippen molar-refractivity contribution >= 4 is 44.8 Å². The summed E-state index contributed by atoms with van der Waals surface area (Å²) in [6.07, 6.45) is 4.95. The molecule has 0 unspecified atom stereocenters. The topological polar surface area (TPSA) is 130 Å². The molecule has 5 rings (SSSR count). The van der Waals surface area contributed by atoms with Crippen molar-refractivity contribution in [2.24, 2.45) is 0 Å². The molecule has 0 radical (unpaired) electrons. The molecule has 10 nitrogen and oxygen atoms in total. The van der Waals surface area contributed by atoms with E-state index in [4.69, 9.17) is 11.6 Å². The second kappa shape index (κ2) is 15.9. The van der Waals surface area contributed by atoms with Gasteiger partial charge in [-0.1, -0.05) is 97.6 Å². The van der Waals surface area contributed by atoms with Crippen LogP contribution in [0.25, 0.3) is 0 Å². The Morgan fingerprint density at radius 3 is 2.15 bits per heavy atom. The fourth-order valence-corrected chi connectivity index (χ4v) is 7.45. The Kier molecular flexibility index (Phi) is 11.5. The average molecular weight is 689 g/mol. The largest absolute Gasteiger partial charge is 0.352 e. The zero-order valence-electron chi connectivity index (χ0n) is 26.3. The van der Waals surface area contributed by atoms with Gasteiger partial charge in [0, 0.05) is 36.2 Å². The van der Waals surface area contributed by atoms with Gasteiger partial charge in [-0.25, -0.2) is 8.42 Å². The molecule has 1 saturated carbocycles. The minimum absolute atomic E-state index is 0.0141. The standard InChI is InChI=1S/C36H37ClN4O6S/c37-29-21-19-28(20-22-29)25-39(34(23-27-11-4-1-5-12-27)36(43)38-30-13-6-2-7-14-30)35(42)26-40(31-15-10-16-32(24-31)41(44)45)48(46,47)33-17-8-3-9-18-33/h1,3-5,8-12,15-22,24,30,34H,2,6-7,13-14,23,25-26H2,(H,38,43)/t34-/m0/s1. The number of nitrogens with zero attached hydrogens (tertiary/aromatic N) is 3. The molecule has 12 heteroatoms. The molecule has 48 heavy (non-hydrogen) atoms. The summed E-state index contributed by atoms with van der Waals surface area (Å²) in [4.78, 5) is 41.1. The van der Waals surface area contributed by atoms with Crippen molar-refractivity contribution in [2.75, 3.05) is 10.8 Å². The highest BCUT2D eigenvalue weighted by Crippen LogP contribution is 2.28. The van der Waals surface area contributed by atoms with Gasteiger partial charge >= 0.3 is 0 Å². The van der Waals surface area contributed by atoms with E-state index >= 15 is 0 Å². The molecule has 1 aliphatic carbocycles. The van der Waals surface area contributed by atoms with Crippen LogP contribution < -0.4 is 9.62 Å². The van der Waals surface area contributed by atoms with Gasteiger partial charge in [-0.05, 0) is 54.3 Å². The van der Waals surface area contributed by atoms with Crippen LogP contribution in [-0.4, -0.2) is 48.7 Å². The van der Waals surface area contributed by atoms with E-state index in [-0.39, 0.29) is 41.2 Å². The summed E-state index contributed by atoms with van der Waals surface area (Å²) in [6, 6.07) is 27.9. The molecule has 1 atom stereocenters.